The van der Waals surface area contributed by atoms with E-state index in [4.69, 9.17) is 9.47 Å². The van der Waals surface area contributed by atoms with Crippen LogP contribution in [0, 0.1) is 10.1 Å². The largest absolute Gasteiger partial charge is 0.493 e. The van der Waals surface area contributed by atoms with E-state index in [1.165, 1.54) is 6.07 Å². The number of nitrogens with zero attached hydrogens (tertiary/aromatic N) is 4. The maximum absolute atomic E-state index is 11.4. The van der Waals surface area contributed by atoms with Crippen molar-refractivity contribution in [1.82, 2.24) is 14.8 Å². The van der Waals surface area contributed by atoms with Gasteiger partial charge in [0.25, 0.3) is 5.69 Å². The number of aldehydes is 1. The van der Waals surface area contributed by atoms with Crippen molar-refractivity contribution in [3.63, 3.8) is 0 Å². The second-order valence-corrected chi connectivity index (χ2v) is 7.22. The average Bonchev–Trinajstić information content (AvgIpc) is 3.14. The van der Waals surface area contributed by atoms with Gasteiger partial charge in [0.2, 0.25) is 0 Å². The highest BCUT2D eigenvalue weighted by atomic mass is 32.2. The summed E-state index contributed by atoms with van der Waals surface area (Å²) in [7, 11) is 3.16. The van der Waals surface area contributed by atoms with Crippen molar-refractivity contribution in [3.05, 3.63) is 63.5 Å². The number of ether oxygens (including phenoxy) is 2. The van der Waals surface area contributed by atoms with Gasteiger partial charge in [0.05, 0.1) is 24.0 Å². The highest BCUT2D eigenvalue weighted by Crippen LogP contribution is 2.35. The van der Waals surface area contributed by atoms with Crippen LogP contribution >= 0.6 is 11.8 Å². The molecule has 0 saturated carbocycles. The summed E-state index contributed by atoms with van der Waals surface area (Å²) in [6.07, 6.45) is 1.09. The molecule has 0 aliphatic carbocycles. The number of rotatable bonds is 9. The van der Waals surface area contributed by atoms with Crippen molar-refractivity contribution < 1.29 is 19.2 Å². The Hall–Kier alpha value is -3.40. The summed E-state index contributed by atoms with van der Waals surface area (Å²) in [6.45, 7) is 2.55. The van der Waals surface area contributed by atoms with Gasteiger partial charge >= 0.3 is 0 Å². The Kier molecular flexibility index (Phi) is 6.68. The minimum Gasteiger partial charge on any atom is -0.493 e. The topological polar surface area (TPSA) is 109 Å². The van der Waals surface area contributed by atoms with Crippen LogP contribution in [0.3, 0.4) is 0 Å². The molecule has 0 aliphatic heterocycles. The standard InChI is InChI=1S/C20H20N4O5S/c1-4-23-19(11-13-5-7-16(28-2)17(10-13)29-3)21-22-20(23)30-18-8-6-14(12-25)9-15(18)24(26)27/h5-10,12H,4,11H2,1-3H3. The fourth-order valence-electron chi connectivity index (χ4n) is 2.95. The maximum Gasteiger partial charge on any atom is 0.284 e. The third-order valence-electron chi connectivity index (χ3n) is 4.44. The molecule has 10 heteroatoms. The van der Waals surface area contributed by atoms with Gasteiger partial charge in [-0.15, -0.1) is 10.2 Å². The molecule has 0 spiro atoms. The molecule has 0 saturated heterocycles. The Bertz CT molecular complexity index is 1080. The van der Waals surface area contributed by atoms with E-state index in [-0.39, 0.29) is 11.3 Å². The summed E-state index contributed by atoms with van der Waals surface area (Å²) in [5.74, 6) is 1.98. The van der Waals surface area contributed by atoms with Crippen molar-refractivity contribution in [2.75, 3.05) is 14.2 Å². The monoisotopic (exact) mass is 428 g/mol. The molecule has 0 N–H and O–H groups in total. The molecule has 1 heterocycles. The first-order valence-corrected chi connectivity index (χ1v) is 9.86. The van der Waals surface area contributed by atoms with Crippen LogP contribution in [0.25, 0.3) is 0 Å². The first kappa shape index (κ1) is 21.3. The molecule has 0 atom stereocenters. The summed E-state index contributed by atoms with van der Waals surface area (Å²) in [5.41, 5.74) is 1.07. The van der Waals surface area contributed by atoms with Crippen LogP contribution in [0.15, 0.2) is 46.5 Å². The lowest BCUT2D eigenvalue weighted by atomic mass is 10.1. The molecule has 0 amide bonds. The number of nitro groups is 1. The number of carbonyl (C=O) groups excluding carboxylic acids is 1. The van der Waals surface area contributed by atoms with Crippen molar-refractivity contribution in [1.29, 1.82) is 0 Å². The number of carbonyl (C=O) groups is 1. The molecule has 0 fully saturated rings. The number of aromatic nitrogens is 3. The Labute approximate surface area is 177 Å². The Morgan fingerprint density at radius 3 is 2.53 bits per heavy atom. The average molecular weight is 428 g/mol. The van der Waals surface area contributed by atoms with Gasteiger partial charge in [0.1, 0.15) is 12.1 Å². The molecule has 0 radical (unpaired) electrons. The smallest absolute Gasteiger partial charge is 0.284 e. The van der Waals surface area contributed by atoms with E-state index in [0.29, 0.717) is 40.8 Å². The van der Waals surface area contributed by atoms with Crippen LogP contribution in [0.1, 0.15) is 28.7 Å². The molecule has 1 aromatic heterocycles. The van der Waals surface area contributed by atoms with Gasteiger partial charge in [0.15, 0.2) is 16.7 Å². The minimum absolute atomic E-state index is 0.142. The molecular weight excluding hydrogens is 408 g/mol. The second-order valence-electron chi connectivity index (χ2n) is 6.21. The summed E-state index contributed by atoms with van der Waals surface area (Å²) in [4.78, 5) is 22.2. The molecule has 3 aromatic rings. The molecule has 156 valence electrons. The Morgan fingerprint density at radius 1 is 1.13 bits per heavy atom. The van der Waals surface area contributed by atoms with Crippen LogP contribution in [0.4, 0.5) is 5.69 Å². The van der Waals surface area contributed by atoms with Gasteiger partial charge in [-0.2, -0.15) is 0 Å². The number of benzene rings is 2. The molecular formula is C20H20N4O5S. The molecule has 0 aliphatic rings. The second kappa shape index (κ2) is 9.40. The van der Waals surface area contributed by atoms with Crippen molar-refractivity contribution in [2.24, 2.45) is 0 Å². The molecule has 0 unspecified atom stereocenters. The van der Waals surface area contributed by atoms with Crippen LogP contribution in [0.2, 0.25) is 0 Å². The summed E-state index contributed by atoms with van der Waals surface area (Å²) in [6, 6.07) is 9.98. The zero-order valence-corrected chi connectivity index (χ0v) is 17.5. The predicted octanol–water partition coefficient (Wildman–Crippen LogP) is 3.78. The minimum atomic E-state index is -0.507. The maximum atomic E-state index is 11.4. The SMILES string of the molecule is CCn1c(Cc2ccc(OC)c(OC)c2)nnc1Sc1ccc(C=O)cc1[N+](=O)[O-]. The number of methoxy groups -OCH3 is 2. The van der Waals surface area contributed by atoms with E-state index in [9.17, 15) is 14.9 Å². The summed E-state index contributed by atoms with van der Waals surface area (Å²) >= 11 is 1.15. The highest BCUT2D eigenvalue weighted by Gasteiger charge is 2.20. The van der Waals surface area contributed by atoms with Crippen LogP contribution in [0.5, 0.6) is 11.5 Å². The Balaban J connectivity index is 1.90. The molecule has 30 heavy (non-hydrogen) atoms. The highest BCUT2D eigenvalue weighted by molar-refractivity contribution is 7.99. The summed E-state index contributed by atoms with van der Waals surface area (Å²) in [5, 5.41) is 20.4. The van der Waals surface area contributed by atoms with Gasteiger partial charge in [-0.25, -0.2) is 0 Å². The van der Waals surface area contributed by atoms with Gasteiger partial charge in [-0.3, -0.25) is 14.9 Å². The van der Waals surface area contributed by atoms with E-state index in [0.717, 1.165) is 23.1 Å². The van der Waals surface area contributed by atoms with Crippen LogP contribution < -0.4 is 9.47 Å². The van der Waals surface area contributed by atoms with Gasteiger partial charge in [-0.05, 0) is 42.4 Å². The fourth-order valence-corrected chi connectivity index (χ4v) is 3.95. The molecule has 2 aromatic carbocycles. The number of hydrogen-bond acceptors (Lipinski definition) is 8. The normalized spacial score (nSPS) is 10.6. The molecule has 9 nitrogen and oxygen atoms in total. The van der Waals surface area contributed by atoms with Crippen LogP contribution in [-0.2, 0) is 13.0 Å². The van der Waals surface area contributed by atoms with Gasteiger partial charge in [0, 0.05) is 24.6 Å². The van der Waals surface area contributed by atoms with Gasteiger partial charge < -0.3 is 14.0 Å². The molecule has 0 bridgehead atoms. The fraction of sp³-hybridized carbons (Fsp3) is 0.250. The van der Waals surface area contributed by atoms with Crippen LogP contribution in [-0.4, -0.2) is 40.2 Å². The predicted molar refractivity (Wildman–Crippen MR) is 111 cm³/mol. The third-order valence-corrected chi connectivity index (χ3v) is 5.49. The zero-order valence-electron chi connectivity index (χ0n) is 16.7. The first-order valence-electron chi connectivity index (χ1n) is 9.05. The van der Waals surface area contributed by atoms with E-state index in [2.05, 4.69) is 10.2 Å². The number of hydrogen-bond donors (Lipinski definition) is 0. The zero-order chi connectivity index (χ0) is 21.7. The third kappa shape index (κ3) is 4.43. The van der Waals surface area contributed by atoms with E-state index >= 15 is 0 Å². The summed E-state index contributed by atoms with van der Waals surface area (Å²) < 4.78 is 12.5. The Morgan fingerprint density at radius 2 is 1.90 bits per heavy atom. The lowest BCUT2D eigenvalue weighted by Crippen LogP contribution is -2.04. The number of nitro benzene ring substituents is 1. The lowest BCUT2D eigenvalue weighted by molar-refractivity contribution is -0.387. The molecule has 3 rings (SSSR count). The van der Waals surface area contributed by atoms with E-state index in [1.54, 1.807) is 26.4 Å². The van der Waals surface area contributed by atoms with Crippen molar-refractivity contribution in [2.45, 2.75) is 29.9 Å². The van der Waals surface area contributed by atoms with Gasteiger partial charge in [-0.1, -0.05) is 12.1 Å². The van der Waals surface area contributed by atoms with Crippen molar-refractivity contribution >= 4 is 23.7 Å². The van der Waals surface area contributed by atoms with E-state index < -0.39 is 4.92 Å². The van der Waals surface area contributed by atoms with Crippen molar-refractivity contribution in [3.8, 4) is 11.5 Å². The lowest BCUT2D eigenvalue weighted by Gasteiger charge is -2.10. The first-order chi connectivity index (χ1) is 14.5. The van der Waals surface area contributed by atoms with E-state index in [1.807, 2.05) is 29.7 Å². The quantitative estimate of drug-likeness (QED) is 0.288.